The third kappa shape index (κ3) is 7.81. The Labute approximate surface area is 186 Å². The molecule has 2 aromatic rings. The Morgan fingerprint density at radius 3 is 2.53 bits per heavy atom. The number of rotatable bonds is 9. The second-order valence-corrected chi connectivity index (χ2v) is 8.62. The number of nitrogens with one attached hydrogen (secondary N) is 2. The fourth-order valence-electron chi connectivity index (χ4n) is 3.15. The summed E-state index contributed by atoms with van der Waals surface area (Å²) < 4.78 is 10.4. The molecule has 9 heteroatoms. The average molecular weight is 446 g/mol. The first-order valence-electron chi connectivity index (χ1n) is 10.5. The molecule has 32 heavy (non-hydrogen) atoms. The van der Waals surface area contributed by atoms with Crippen molar-refractivity contribution in [3.63, 3.8) is 0 Å². The molecule has 9 nitrogen and oxygen atoms in total. The summed E-state index contributed by atoms with van der Waals surface area (Å²) in [5, 5.41) is 6.09. The van der Waals surface area contributed by atoms with Gasteiger partial charge in [-0.1, -0.05) is 0 Å². The van der Waals surface area contributed by atoms with Crippen molar-refractivity contribution >= 4 is 34.4 Å². The lowest BCUT2D eigenvalue weighted by molar-refractivity contribution is -0.156. The van der Waals surface area contributed by atoms with Crippen LogP contribution in [0.2, 0.25) is 0 Å². The van der Waals surface area contributed by atoms with Gasteiger partial charge in [0, 0.05) is 23.2 Å². The number of carbonyl (C=O) groups is 3. The molecular weight excluding hydrogens is 414 g/mol. The summed E-state index contributed by atoms with van der Waals surface area (Å²) >= 11 is 0. The van der Waals surface area contributed by atoms with E-state index < -0.39 is 41.5 Å². The highest BCUT2D eigenvalue weighted by atomic mass is 16.6. The number of amides is 2. The molecule has 0 saturated carbocycles. The fraction of sp³-hybridized carbons (Fsp3) is 0.478. The summed E-state index contributed by atoms with van der Waals surface area (Å²) in [5.41, 5.74) is 5.88. The van der Waals surface area contributed by atoms with Gasteiger partial charge in [0.2, 0.25) is 11.8 Å². The Morgan fingerprint density at radius 1 is 1.16 bits per heavy atom. The number of benzene rings is 1. The normalized spacial score (nSPS) is 12.3. The van der Waals surface area contributed by atoms with Gasteiger partial charge in [-0.2, -0.15) is 0 Å². The maximum atomic E-state index is 12.9. The summed E-state index contributed by atoms with van der Waals surface area (Å²) in [6.07, 6.45) is 1.17. The van der Waals surface area contributed by atoms with Crippen molar-refractivity contribution in [2.24, 2.45) is 5.73 Å². The van der Waals surface area contributed by atoms with Gasteiger partial charge in [0.1, 0.15) is 23.6 Å². The standard InChI is InChI=1S/C23H31N3O6/c1-14-11-20(28)31-18-12-15(8-9-16(14)18)25-22(30)17(7-5-6-10-24)26-19(27)13-21(29)32-23(2,3)4/h8-9,11-12,17H,5-7,10,13,24H2,1-4H3,(H,25,30)(H,26,27). The number of hydrogen-bond acceptors (Lipinski definition) is 7. The molecule has 4 N–H and O–H groups in total. The van der Waals surface area contributed by atoms with Gasteiger partial charge in [-0.15, -0.1) is 0 Å². The molecule has 0 aliphatic heterocycles. The average Bonchev–Trinajstić information content (AvgIpc) is 2.65. The van der Waals surface area contributed by atoms with Crippen LogP contribution in [0.4, 0.5) is 5.69 Å². The van der Waals surface area contributed by atoms with Crippen LogP contribution in [0.15, 0.2) is 33.5 Å². The van der Waals surface area contributed by atoms with E-state index in [1.807, 2.05) is 0 Å². The predicted octanol–water partition coefficient (Wildman–Crippen LogP) is 2.39. The first kappa shape index (κ1) is 25.1. The molecule has 2 rings (SSSR count). The van der Waals surface area contributed by atoms with Gasteiger partial charge >= 0.3 is 11.6 Å². The van der Waals surface area contributed by atoms with Crippen LogP contribution in [-0.4, -0.2) is 36.0 Å². The highest BCUT2D eigenvalue weighted by Gasteiger charge is 2.24. The van der Waals surface area contributed by atoms with Crippen LogP contribution >= 0.6 is 0 Å². The van der Waals surface area contributed by atoms with Crippen molar-refractivity contribution in [3.05, 3.63) is 40.2 Å². The van der Waals surface area contributed by atoms with Gasteiger partial charge in [-0.3, -0.25) is 14.4 Å². The number of unbranched alkanes of at least 4 members (excludes halogenated alkanes) is 1. The second kappa shape index (κ2) is 10.9. The smallest absolute Gasteiger partial charge is 0.336 e. The van der Waals surface area contributed by atoms with Crippen LogP contribution in [-0.2, 0) is 19.1 Å². The molecule has 0 bridgehead atoms. The molecule has 1 heterocycles. The number of esters is 1. The molecule has 1 unspecified atom stereocenters. The van der Waals surface area contributed by atoms with E-state index in [-0.39, 0.29) is 0 Å². The quantitative estimate of drug-likeness (QED) is 0.233. The maximum Gasteiger partial charge on any atom is 0.336 e. The summed E-state index contributed by atoms with van der Waals surface area (Å²) in [6.45, 7) is 7.38. The van der Waals surface area contributed by atoms with E-state index in [1.165, 1.54) is 6.07 Å². The Balaban J connectivity index is 2.11. The molecule has 0 radical (unpaired) electrons. The largest absolute Gasteiger partial charge is 0.460 e. The zero-order valence-electron chi connectivity index (χ0n) is 18.9. The number of ether oxygens (including phenoxy) is 1. The number of aryl methyl sites for hydroxylation is 1. The number of fused-ring (bicyclic) bond motifs is 1. The lowest BCUT2D eigenvalue weighted by Crippen LogP contribution is -2.44. The second-order valence-electron chi connectivity index (χ2n) is 8.62. The van der Waals surface area contributed by atoms with Crippen molar-refractivity contribution in [1.29, 1.82) is 0 Å². The lowest BCUT2D eigenvalue weighted by atomic mass is 10.1. The summed E-state index contributed by atoms with van der Waals surface area (Å²) in [5.74, 6) is -1.72. The molecule has 1 atom stereocenters. The van der Waals surface area contributed by atoms with Crippen molar-refractivity contribution in [3.8, 4) is 0 Å². The van der Waals surface area contributed by atoms with E-state index in [0.29, 0.717) is 37.1 Å². The molecule has 0 fully saturated rings. The zero-order valence-corrected chi connectivity index (χ0v) is 18.9. The van der Waals surface area contributed by atoms with Gasteiger partial charge < -0.3 is 25.5 Å². The van der Waals surface area contributed by atoms with Crippen LogP contribution in [0.3, 0.4) is 0 Å². The van der Waals surface area contributed by atoms with Crippen LogP contribution in [0.1, 0.15) is 52.0 Å². The van der Waals surface area contributed by atoms with Crippen molar-refractivity contribution in [1.82, 2.24) is 5.32 Å². The van der Waals surface area contributed by atoms with Crippen LogP contribution in [0.5, 0.6) is 0 Å². The highest BCUT2D eigenvalue weighted by Crippen LogP contribution is 2.21. The van der Waals surface area contributed by atoms with E-state index >= 15 is 0 Å². The number of anilines is 1. The van der Waals surface area contributed by atoms with Crippen molar-refractivity contribution in [2.75, 3.05) is 11.9 Å². The molecule has 0 spiro atoms. The van der Waals surface area contributed by atoms with Gasteiger partial charge in [0.15, 0.2) is 0 Å². The Bertz CT molecular complexity index is 1040. The molecule has 0 saturated heterocycles. The van der Waals surface area contributed by atoms with Crippen LogP contribution < -0.4 is 22.0 Å². The molecule has 0 aliphatic rings. The van der Waals surface area contributed by atoms with Gasteiger partial charge in [-0.05, 0) is 71.2 Å². The lowest BCUT2D eigenvalue weighted by Gasteiger charge is -2.21. The van der Waals surface area contributed by atoms with E-state index in [2.05, 4.69) is 10.6 Å². The number of hydrogen-bond donors (Lipinski definition) is 3. The summed E-state index contributed by atoms with van der Waals surface area (Å²) in [4.78, 5) is 48.7. The van der Waals surface area contributed by atoms with E-state index in [9.17, 15) is 19.2 Å². The third-order valence-corrected chi connectivity index (χ3v) is 4.54. The van der Waals surface area contributed by atoms with Gasteiger partial charge in [0.25, 0.3) is 0 Å². The van der Waals surface area contributed by atoms with E-state index in [4.69, 9.17) is 14.9 Å². The first-order chi connectivity index (χ1) is 15.0. The Hall–Kier alpha value is -3.20. The monoisotopic (exact) mass is 445 g/mol. The van der Waals surface area contributed by atoms with E-state index in [1.54, 1.807) is 45.9 Å². The minimum atomic E-state index is -0.864. The highest BCUT2D eigenvalue weighted by molar-refractivity contribution is 6.01. The van der Waals surface area contributed by atoms with Crippen LogP contribution in [0.25, 0.3) is 11.0 Å². The molecule has 174 valence electrons. The van der Waals surface area contributed by atoms with Gasteiger partial charge in [-0.25, -0.2) is 4.79 Å². The minimum Gasteiger partial charge on any atom is -0.460 e. The predicted molar refractivity (Wildman–Crippen MR) is 121 cm³/mol. The van der Waals surface area contributed by atoms with Crippen molar-refractivity contribution < 1.29 is 23.5 Å². The number of nitrogens with two attached hydrogens (primary N) is 1. The van der Waals surface area contributed by atoms with Crippen LogP contribution in [0, 0.1) is 6.92 Å². The zero-order chi connectivity index (χ0) is 23.9. The summed E-state index contributed by atoms with van der Waals surface area (Å²) in [7, 11) is 0. The van der Waals surface area contributed by atoms with E-state index in [0.717, 1.165) is 10.9 Å². The number of carbonyl (C=O) groups excluding carboxylic acids is 3. The SMILES string of the molecule is Cc1cc(=O)oc2cc(NC(=O)C(CCCCN)NC(=O)CC(=O)OC(C)(C)C)ccc12. The van der Waals surface area contributed by atoms with Crippen molar-refractivity contribution in [2.45, 2.75) is 65.0 Å². The topological polar surface area (TPSA) is 141 Å². The fourth-order valence-corrected chi connectivity index (χ4v) is 3.15. The molecule has 2 amide bonds. The van der Waals surface area contributed by atoms with Gasteiger partial charge in [0.05, 0.1) is 0 Å². The summed E-state index contributed by atoms with van der Waals surface area (Å²) in [6, 6.07) is 5.52. The maximum absolute atomic E-state index is 12.9. The first-order valence-corrected chi connectivity index (χ1v) is 10.5. The Morgan fingerprint density at radius 2 is 1.88 bits per heavy atom. The minimum absolute atomic E-state index is 0.349. The third-order valence-electron chi connectivity index (χ3n) is 4.54. The Kier molecular flexibility index (Phi) is 8.54. The molecular formula is C23H31N3O6. The molecule has 1 aromatic carbocycles. The molecule has 1 aromatic heterocycles. The molecule has 0 aliphatic carbocycles.